The van der Waals surface area contributed by atoms with Crippen molar-refractivity contribution < 1.29 is 12.9 Å². The average Bonchev–Trinajstić information content (AvgIpc) is 3.41. The Bertz CT molecular complexity index is 1030. The fourth-order valence-electron chi connectivity index (χ4n) is 2.66. The number of thioether (sulfide) groups is 1. The van der Waals surface area contributed by atoms with E-state index in [-0.39, 0.29) is 4.90 Å². The summed E-state index contributed by atoms with van der Waals surface area (Å²) >= 11 is 6.35. The van der Waals surface area contributed by atoms with E-state index in [0.29, 0.717) is 35.6 Å². The lowest BCUT2D eigenvalue weighted by Crippen LogP contribution is -2.27. The largest absolute Gasteiger partial charge is 0.338 e. The van der Waals surface area contributed by atoms with Crippen LogP contribution in [0.1, 0.15) is 18.7 Å². The highest BCUT2D eigenvalue weighted by molar-refractivity contribution is 9.10. The molecule has 0 saturated carbocycles. The van der Waals surface area contributed by atoms with Gasteiger partial charge in [-0.25, -0.2) is 13.4 Å². The highest BCUT2D eigenvalue weighted by atomic mass is 79.9. The molecular weight excluding hydrogens is 472 g/mol. The second kappa shape index (κ2) is 8.00. The normalized spacial score (nSPS) is 15.4. The average molecular weight is 487 g/mol. The molecule has 1 aliphatic rings. The molecule has 1 aliphatic heterocycles. The van der Waals surface area contributed by atoms with E-state index in [9.17, 15) is 8.42 Å². The van der Waals surface area contributed by atoms with Crippen molar-refractivity contribution in [3.63, 3.8) is 0 Å². The molecule has 11 heteroatoms. The molecule has 0 atom stereocenters. The molecular formula is C16H15BrN4O3S3. The van der Waals surface area contributed by atoms with Gasteiger partial charge in [0.2, 0.25) is 21.7 Å². The van der Waals surface area contributed by atoms with E-state index in [4.69, 9.17) is 4.52 Å². The first kappa shape index (κ1) is 19.1. The van der Waals surface area contributed by atoms with Crippen LogP contribution in [0.2, 0.25) is 0 Å². The number of halogens is 1. The lowest BCUT2D eigenvalue weighted by molar-refractivity contribution is 0.392. The number of rotatable bonds is 6. The summed E-state index contributed by atoms with van der Waals surface area (Å²) in [5.41, 5.74) is 0. The highest BCUT2D eigenvalue weighted by Gasteiger charge is 2.27. The molecule has 0 spiro atoms. The summed E-state index contributed by atoms with van der Waals surface area (Å²) in [6, 6.07) is 5.25. The summed E-state index contributed by atoms with van der Waals surface area (Å²) in [6.45, 7) is 1.16. The summed E-state index contributed by atoms with van der Waals surface area (Å²) in [4.78, 5) is 9.80. The van der Waals surface area contributed by atoms with Gasteiger partial charge in [-0.1, -0.05) is 16.9 Å². The van der Waals surface area contributed by atoms with Crippen molar-refractivity contribution in [3.05, 3.63) is 40.1 Å². The predicted octanol–water partition coefficient (Wildman–Crippen LogP) is 4.03. The molecule has 0 N–H and O–H groups in total. The third-order valence-corrected chi connectivity index (χ3v) is 8.51. The van der Waals surface area contributed by atoms with Crippen molar-refractivity contribution >= 4 is 49.1 Å². The second-order valence-corrected chi connectivity index (χ2v) is 10.6. The predicted molar refractivity (Wildman–Crippen MR) is 107 cm³/mol. The molecule has 142 valence electrons. The number of pyridine rings is 1. The maximum atomic E-state index is 12.5. The first-order chi connectivity index (χ1) is 13.0. The zero-order valence-corrected chi connectivity index (χ0v) is 18.1. The van der Waals surface area contributed by atoms with E-state index in [2.05, 4.69) is 31.1 Å². The van der Waals surface area contributed by atoms with Gasteiger partial charge in [0.15, 0.2) is 0 Å². The van der Waals surface area contributed by atoms with Gasteiger partial charge in [0, 0.05) is 29.1 Å². The van der Waals surface area contributed by atoms with Crippen molar-refractivity contribution in [1.29, 1.82) is 0 Å². The van der Waals surface area contributed by atoms with Crippen LogP contribution in [0.5, 0.6) is 0 Å². The third-order valence-electron chi connectivity index (χ3n) is 4.01. The summed E-state index contributed by atoms with van der Waals surface area (Å²) < 4.78 is 32.8. The molecule has 1 saturated heterocycles. The minimum atomic E-state index is -3.43. The molecule has 7 nitrogen and oxygen atoms in total. The van der Waals surface area contributed by atoms with Gasteiger partial charge in [-0.3, -0.25) is 0 Å². The second-order valence-electron chi connectivity index (χ2n) is 5.87. The Morgan fingerprint density at radius 3 is 2.78 bits per heavy atom. The molecule has 27 heavy (non-hydrogen) atoms. The smallest absolute Gasteiger partial charge is 0.244 e. The zero-order valence-electron chi connectivity index (χ0n) is 14.0. The lowest BCUT2D eigenvalue weighted by atomic mass is 10.4. The van der Waals surface area contributed by atoms with Crippen molar-refractivity contribution in [2.24, 2.45) is 0 Å². The Balaban J connectivity index is 1.40. The Hall–Kier alpha value is -1.27. The van der Waals surface area contributed by atoms with Gasteiger partial charge in [-0.05, 0) is 47.0 Å². The van der Waals surface area contributed by atoms with Gasteiger partial charge >= 0.3 is 0 Å². The molecule has 4 rings (SSSR count). The minimum absolute atomic E-state index is 0.233. The monoisotopic (exact) mass is 486 g/mol. The van der Waals surface area contributed by atoms with Gasteiger partial charge in [-0.2, -0.15) is 9.29 Å². The number of nitrogens with zero attached hydrogens (tertiary/aromatic N) is 4. The van der Waals surface area contributed by atoms with Crippen LogP contribution in [0.15, 0.2) is 48.7 Å². The Labute approximate surface area is 173 Å². The maximum absolute atomic E-state index is 12.5. The van der Waals surface area contributed by atoms with Crippen LogP contribution >= 0.6 is 39.0 Å². The molecule has 0 radical (unpaired) electrons. The fourth-order valence-corrected chi connectivity index (χ4v) is 6.16. The minimum Gasteiger partial charge on any atom is -0.338 e. The van der Waals surface area contributed by atoms with Crippen molar-refractivity contribution in [2.45, 2.75) is 28.5 Å². The summed E-state index contributed by atoms with van der Waals surface area (Å²) in [5.74, 6) is 1.52. The maximum Gasteiger partial charge on any atom is 0.244 e. The van der Waals surface area contributed by atoms with E-state index in [1.807, 2.05) is 11.4 Å². The fraction of sp³-hybridized carbons (Fsp3) is 0.312. The standard InChI is InChI=1S/C16H15BrN4O3S3/c17-11-7-13(25-9-11)16-19-14(24-20-16)10-26-15-4-3-12(8-18-15)27(22,23)21-5-1-2-6-21/h3-4,7-9H,1-2,5-6,10H2. The van der Waals surface area contributed by atoms with Gasteiger partial charge in [0.05, 0.1) is 15.7 Å². The number of hydrogen-bond acceptors (Lipinski definition) is 8. The molecule has 0 amide bonds. The highest BCUT2D eigenvalue weighted by Crippen LogP contribution is 2.29. The van der Waals surface area contributed by atoms with Crippen LogP contribution in [-0.2, 0) is 15.8 Å². The van der Waals surface area contributed by atoms with Crippen LogP contribution in [0, 0.1) is 0 Å². The van der Waals surface area contributed by atoms with Crippen LogP contribution in [0.3, 0.4) is 0 Å². The molecule has 4 heterocycles. The number of hydrogen-bond donors (Lipinski definition) is 0. The van der Waals surface area contributed by atoms with Gasteiger partial charge in [0.25, 0.3) is 0 Å². The summed E-state index contributed by atoms with van der Waals surface area (Å²) in [5, 5.41) is 6.65. The molecule has 3 aromatic heterocycles. The number of sulfonamides is 1. The topological polar surface area (TPSA) is 89.2 Å². The van der Waals surface area contributed by atoms with E-state index >= 15 is 0 Å². The van der Waals surface area contributed by atoms with Crippen molar-refractivity contribution in [1.82, 2.24) is 19.4 Å². The molecule has 0 unspecified atom stereocenters. The molecule has 3 aromatic rings. The Morgan fingerprint density at radius 2 is 2.11 bits per heavy atom. The van der Waals surface area contributed by atoms with Gasteiger partial charge < -0.3 is 4.52 Å². The van der Waals surface area contributed by atoms with Crippen LogP contribution < -0.4 is 0 Å². The first-order valence-electron chi connectivity index (χ1n) is 8.18. The van der Waals surface area contributed by atoms with E-state index < -0.39 is 10.0 Å². The molecule has 0 bridgehead atoms. The Kier molecular flexibility index (Phi) is 5.65. The van der Waals surface area contributed by atoms with E-state index in [1.165, 1.54) is 33.6 Å². The first-order valence-corrected chi connectivity index (χ1v) is 12.3. The van der Waals surface area contributed by atoms with E-state index in [1.54, 1.807) is 12.1 Å². The number of aromatic nitrogens is 3. The summed E-state index contributed by atoms with van der Waals surface area (Å²) in [6.07, 6.45) is 3.24. The number of thiophene rings is 1. The molecule has 1 fully saturated rings. The zero-order chi connectivity index (χ0) is 18.9. The van der Waals surface area contributed by atoms with Crippen LogP contribution in [0.4, 0.5) is 0 Å². The Morgan fingerprint density at radius 1 is 1.30 bits per heavy atom. The van der Waals surface area contributed by atoms with Gasteiger partial charge in [-0.15, -0.1) is 11.3 Å². The van der Waals surface area contributed by atoms with Crippen LogP contribution in [-0.4, -0.2) is 40.9 Å². The quantitative estimate of drug-likeness (QED) is 0.485. The molecule has 0 aliphatic carbocycles. The van der Waals surface area contributed by atoms with E-state index in [0.717, 1.165) is 22.2 Å². The third kappa shape index (κ3) is 4.27. The van der Waals surface area contributed by atoms with Crippen molar-refractivity contribution in [2.75, 3.05) is 13.1 Å². The molecule has 0 aromatic carbocycles. The SMILES string of the molecule is O=S(=O)(c1ccc(SCc2nc(-c3cc(Br)cs3)no2)nc1)N1CCCC1. The lowest BCUT2D eigenvalue weighted by Gasteiger charge is -2.15. The summed E-state index contributed by atoms with van der Waals surface area (Å²) in [7, 11) is -3.43. The van der Waals surface area contributed by atoms with Crippen LogP contribution in [0.25, 0.3) is 10.7 Å². The van der Waals surface area contributed by atoms with Gasteiger partial charge in [0.1, 0.15) is 4.90 Å². The van der Waals surface area contributed by atoms with Crippen molar-refractivity contribution in [3.8, 4) is 10.7 Å².